The van der Waals surface area contributed by atoms with Gasteiger partial charge < -0.3 is 10.4 Å². The van der Waals surface area contributed by atoms with Crippen molar-refractivity contribution in [3.8, 4) is 0 Å². The van der Waals surface area contributed by atoms with Gasteiger partial charge in [-0.25, -0.2) is 18.0 Å². The van der Waals surface area contributed by atoms with Crippen molar-refractivity contribution >= 4 is 23.0 Å². The summed E-state index contributed by atoms with van der Waals surface area (Å²) in [5, 5.41) is 11.4. The number of carboxylic acid groups (broad SMARTS) is 1. The van der Waals surface area contributed by atoms with Gasteiger partial charge in [-0.1, -0.05) is 0 Å². The molecule has 1 heterocycles. The molecule has 0 saturated heterocycles. The monoisotopic (exact) mass is 301 g/mol. The molecular weight excluding hydrogens is 291 g/mol. The van der Waals surface area contributed by atoms with Gasteiger partial charge in [0.2, 0.25) is 0 Å². The molecule has 2 N–H and O–H groups in total. The van der Waals surface area contributed by atoms with Gasteiger partial charge in [-0.05, 0) is 18.6 Å². The Labute approximate surface area is 116 Å². The fraction of sp³-hybridized carbons (Fsp3) is 0.154. The van der Waals surface area contributed by atoms with Crippen molar-refractivity contribution in [1.82, 2.24) is 0 Å². The molecule has 0 aliphatic carbocycles. The number of benzene rings is 1. The maximum atomic E-state index is 13.4. The van der Waals surface area contributed by atoms with Gasteiger partial charge in [-0.2, -0.15) is 0 Å². The second kappa shape index (κ2) is 5.54. The zero-order valence-electron chi connectivity index (χ0n) is 10.3. The van der Waals surface area contributed by atoms with Gasteiger partial charge in [0.15, 0.2) is 11.6 Å². The highest BCUT2D eigenvalue weighted by Gasteiger charge is 2.13. The van der Waals surface area contributed by atoms with Crippen LogP contribution in [0, 0.1) is 24.4 Å². The van der Waals surface area contributed by atoms with Crippen molar-refractivity contribution < 1.29 is 23.1 Å². The molecular formula is C13H10F3NO2S. The van der Waals surface area contributed by atoms with Gasteiger partial charge in [0, 0.05) is 23.6 Å². The lowest BCUT2D eigenvalue weighted by atomic mass is 10.2. The molecule has 0 aliphatic rings. The summed E-state index contributed by atoms with van der Waals surface area (Å²) < 4.78 is 39.4. The fourth-order valence-corrected chi connectivity index (χ4v) is 2.56. The van der Waals surface area contributed by atoms with Crippen molar-refractivity contribution in [2.75, 3.05) is 5.32 Å². The highest BCUT2D eigenvalue weighted by Crippen LogP contribution is 2.24. The van der Waals surface area contributed by atoms with E-state index >= 15 is 0 Å². The summed E-state index contributed by atoms with van der Waals surface area (Å²) in [6.07, 6.45) is 0. The number of anilines is 1. The van der Waals surface area contributed by atoms with E-state index in [9.17, 15) is 18.0 Å². The normalized spacial score (nSPS) is 10.6. The highest BCUT2D eigenvalue weighted by atomic mass is 32.1. The Kier molecular flexibility index (Phi) is 3.99. The maximum absolute atomic E-state index is 13.4. The number of aryl methyl sites for hydroxylation is 1. The lowest BCUT2D eigenvalue weighted by Crippen LogP contribution is -2.04. The first kappa shape index (κ1) is 14.4. The second-order valence-electron chi connectivity index (χ2n) is 4.10. The predicted molar refractivity (Wildman–Crippen MR) is 69.7 cm³/mol. The smallest absolute Gasteiger partial charge is 0.345 e. The molecule has 3 nitrogen and oxygen atoms in total. The number of rotatable bonds is 4. The van der Waals surface area contributed by atoms with Crippen LogP contribution >= 0.6 is 11.3 Å². The molecule has 2 aromatic rings. The van der Waals surface area contributed by atoms with Crippen LogP contribution in [0.1, 0.15) is 20.1 Å². The van der Waals surface area contributed by atoms with Gasteiger partial charge in [0.25, 0.3) is 0 Å². The summed E-state index contributed by atoms with van der Waals surface area (Å²) in [7, 11) is 0. The van der Waals surface area contributed by atoms with E-state index < -0.39 is 23.4 Å². The molecule has 0 radical (unpaired) electrons. The van der Waals surface area contributed by atoms with Gasteiger partial charge in [0.05, 0.1) is 5.69 Å². The van der Waals surface area contributed by atoms with Crippen molar-refractivity contribution in [2.45, 2.75) is 13.5 Å². The minimum Gasteiger partial charge on any atom is -0.477 e. The number of thiophene rings is 1. The van der Waals surface area contributed by atoms with Crippen LogP contribution in [0.5, 0.6) is 0 Å². The van der Waals surface area contributed by atoms with Gasteiger partial charge in [-0.15, -0.1) is 11.3 Å². The Morgan fingerprint density at radius 3 is 2.60 bits per heavy atom. The summed E-state index contributed by atoms with van der Waals surface area (Å²) in [4.78, 5) is 11.7. The summed E-state index contributed by atoms with van der Waals surface area (Å²) in [6.45, 7) is 1.80. The number of hydrogen-bond acceptors (Lipinski definition) is 3. The fourth-order valence-electron chi connectivity index (χ4n) is 1.68. The van der Waals surface area contributed by atoms with Crippen LogP contribution in [0.3, 0.4) is 0 Å². The molecule has 0 saturated carbocycles. The minimum atomic E-state index is -1.28. The molecule has 0 aliphatic heterocycles. The van der Waals surface area contributed by atoms with Crippen LogP contribution in [0.25, 0.3) is 0 Å². The molecule has 0 unspecified atom stereocenters. The zero-order valence-corrected chi connectivity index (χ0v) is 11.2. The first-order chi connectivity index (χ1) is 9.38. The molecule has 2 rings (SSSR count). The largest absolute Gasteiger partial charge is 0.477 e. The third kappa shape index (κ3) is 2.93. The summed E-state index contributed by atoms with van der Waals surface area (Å²) in [6, 6.07) is 2.75. The van der Waals surface area contributed by atoms with E-state index in [1.165, 1.54) is 6.07 Å². The lowest BCUT2D eigenvalue weighted by Gasteiger charge is -2.08. The Hall–Kier alpha value is -2.02. The van der Waals surface area contributed by atoms with Crippen molar-refractivity contribution in [3.63, 3.8) is 0 Å². The Morgan fingerprint density at radius 1 is 1.30 bits per heavy atom. The third-order valence-electron chi connectivity index (χ3n) is 2.69. The van der Waals surface area contributed by atoms with E-state index in [0.717, 1.165) is 22.3 Å². The Morgan fingerprint density at radius 2 is 2.00 bits per heavy atom. The minimum absolute atomic E-state index is 0.0788. The summed E-state index contributed by atoms with van der Waals surface area (Å²) >= 11 is 1.09. The lowest BCUT2D eigenvalue weighted by molar-refractivity contribution is 0.0702. The molecule has 1 aromatic carbocycles. The summed E-state index contributed by atoms with van der Waals surface area (Å²) in [5.41, 5.74) is 0.335. The topological polar surface area (TPSA) is 49.3 Å². The van der Waals surface area contributed by atoms with Crippen LogP contribution in [0.2, 0.25) is 0 Å². The maximum Gasteiger partial charge on any atom is 0.345 e. The SMILES string of the molecule is Cc1sc(C(=O)O)cc1CNc1cc(F)cc(F)c1F. The van der Waals surface area contributed by atoms with Crippen LogP contribution < -0.4 is 5.32 Å². The Balaban J connectivity index is 2.19. The number of halogens is 3. The van der Waals surface area contributed by atoms with E-state index in [0.29, 0.717) is 11.6 Å². The molecule has 106 valence electrons. The van der Waals surface area contributed by atoms with E-state index in [4.69, 9.17) is 5.11 Å². The van der Waals surface area contributed by atoms with Gasteiger partial charge >= 0.3 is 5.97 Å². The first-order valence-electron chi connectivity index (χ1n) is 5.59. The molecule has 0 spiro atoms. The van der Waals surface area contributed by atoms with Crippen LogP contribution in [-0.2, 0) is 6.54 Å². The quantitative estimate of drug-likeness (QED) is 0.845. The number of hydrogen-bond donors (Lipinski definition) is 2. The first-order valence-corrected chi connectivity index (χ1v) is 6.41. The van der Waals surface area contributed by atoms with Crippen molar-refractivity contribution in [3.05, 3.63) is 51.0 Å². The van der Waals surface area contributed by atoms with Gasteiger partial charge in [0.1, 0.15) is 10.7 Å². The standard InChI is InChI=1S/C13H10F3NO2S/c1-6-7(2-11(20-6)13(18)19)5-17-10-4-8(14)3-9(15)12(10)16/h2-4,17H,5H2,1H3,(H,18,19). The molecule has 0 bridgehead atoms. The zero-order chi connectivity index (χ0) is 14.9. The van der Waals surface area contributed by atoms with Crippen LogP contribution in [0.15, 0.2) is 18.2 Å². The van der Waals surface area contributed by atoms with E-state index in [1.807, 2.05) is 0 Å². The van der Waals surface area contributed by atoms with E-state index in [-0.39, 0.29) is 17.1 Å². The van der Waals surface area contributed by atoms with E-state index in [2.05, 4.69) is 5.32 Å². The van der Waals surface area contributed by atoms with Crippen LogP contribution in [-0.4, -0.2) is 11.1 Å². The number of nitrogens with one attached hydrogen (secondary N) is 1. The molecule has 0 amide bonds. The summed E-state index contributed by atoms with van der Waals surface area (Å²) in [5.74, 6) is -4.38. The van der Waals surface area contributed by atoms with Crippen molar-refractivity contribution in [1.29, 1.82) is 0 Å². The average Bonchev–Trinajstić information content (AvgIpc) is 2.74. The molecule has 0 fully saturated rings. The average molecular weight is 301 g/mol. The predicted octanol–water partition coefficient (Wildman–Crippen LogP) is 3.78. The number of aromatic carboxylic acids is 1. The molecule has 7 heteroatoms. The second-order valence-corrected chi connectivity index (χ2v) is 5.36. The molecule has 0 atom stereocenters. The van der Waals surface area contributed by atoms with Crippen LogP contribution in [0.4, 0.5) is 18.9 Å². The molecule has 1 aromatic heterocycles. The van der Waals surface area contributed by atoms with E-state index in [1.54, 1.807) is 6.92 Å². The Bertz CT molecular complexity index is 670. The van der Waals surface area contributed by atoms with Crippen molar-refractivity contribution in [2.24, 2.45) is 0 Å². The number of carboxylic acids is 1. The number of carbonyl (C=O) groups is 1. The third-order valence-corrected chi connectivity index (χ3v) is 3.77. The highest BCUT2D eigenvalue weighted by molar-refractivity contribution is 7.14. The van der Waals surface area contributed by atoms with Gasteiger partial charge in [-0.3, -0.25) is 0 Å². The molecule has 20 heavy (non-hydrogen) atoms.